The number of hydrogen-bond acceptors (Lipinski definition) is 4. The highest BCUT2D eigenvalue weighted by molar-refractivity contribution is 6.36. The van der Waals surface area contributed by atoms with E-state index in [0.29, 0.717) is 27.4 Å². The van der Waals surface area contributed by atoms with Crippen molar-refractivity contribution in [3.05, 3.63) is 77.2 Å². The summed E-state index contributed by atoms with van der Waals surface area (Å²) < 4.78 is 5.85. The van der Waals surface area contributed by atoms with Gasteiger partial charge in [-0.3, -0.25) is 4.98 Å². The molecule has 0 saturated heterocycles. The molecule has 2 aromatic carbocycles. The standard InChI is InChI=1S/C19H11Cl2N3O/c20-13-4-6-15(16(21)8-13)18-10-19(24-11-23-18)25-14-5-3-12-2-1-7-22-17(12)9-14/h1-11H. The number of ether oxygens (including phenoxy) is 1. The molecule has 0 unspecified atom stereocenters. The fraction of sp³-hybridized carbons (Fsp3) is 0. The van der Waals surface area contributed by atoms with Gasteiger partial charge in [0.2, 0.25) is 5.88 Å². The van der Waals surface area contributed by atoms with Crippen LogP contribution in [0.3, 0.4) is 0 Å². The Morgan fingerprint density at radius 3 is 2.64 bits per heavy atom. The second-order valence-electron chi connectivity index (χ2n) is 5.33. The van der Waals surface area contributed by atoms with Gasteiger partial charge >= 0.3 is 0 Å². The Kier molecular flexibility index (Phi) is 4.22. The van der Waals surface area contributed by atoms with E-state index in [0.717, 1.165) is 16.5 Å². The first kappa shape index (κ1) is 15.8. The Morgan fingerprint density at radius 1 is 0.840 bits per heavy atom. The van der Waals surface area contributed by atoms with Crippen molar-refractivity contribution in [2.45, 2.75) is 0 Å². The van der Waals surface area contributed by atoms with Gasteiger partial charge in [-0.05, 0) is 36.4 Å². The summed E-state index contributed by atoms with van der Waals surface area (Å²) in [6.45, 7) is 0. The maximum absolute atomic E-state index is 6.25. The molecule has 4 nitrogen and oxygen atoms in total. The average Bonchev–Trinajstić information content (AvgIpc) is 2.62. The minimum absolute atomic E-state index is 0.422. The third-order valence-electron chi connectivity index (χ3n) is 3.65. The van der Waals surface area contributed by atoms with Gasteiger partial charge in [0.1, 0.15) is 12.1 Å². The van der Waals surface area contributed by atoms with Gasteiger partial charge in [0.25, 0.3) is 0 Å². The van der Waals surface area contributed by atoms with Crippen LogP contribution in [0.4, 0.5) is 0 Å². The molecule has 4 aromatic rings. The highest BCUT2D eigenvalue weighted by Crippen LogP contribution is 2.31. The number of pyridine rings is 1. The first-order valence-electron chi connectivity index (χ1n) is 7.49. The molecule has 0 aliphatic heterocycles. The van der Waals surface area contributed by atoms with Crippen molar-refractivity contribution < 1.29 is 4.74 Å². The average molecular weight is 368 g/mol. The zero-order valence-electron chi connectivity index (χ0n) is 12.9. The largest absolute Gasteiger partial charge is 0.439 e. The molecule has 0 amide bonds. The summed E-state index contributed by atoms with van der Waals surface area (Å²) >= 11 is 12.2. The minimum Gasteiger partial charge on any atom is -0.439 e. The molecule has 0 N–H and O–H groups in total. The molecule has 0 radical (unpaired) electrons. The number of fused-ring (bicyclic) bond motifs is 1. The third-order valence-corrected chi connectivity index (χ3v) is 4.20. The van der Waals surface area contributed by atoms with Crippen molar-refractivity contribution in [3.8, 4) is 22.9 Å². The normalized spacial score (nSPS) is 10.8. The molecule has 0 bridgehead atoms. The van der Waals surface area contributed by atoms with Crippen LogP contribution in [0, 0.1) is 0 Å². The SMILES string of the molecule is Clc1ccc(-c2cc(Oc3ccc4cccnc4c3)ncn2)c(Cl)c1. The number of hydrogen-bond donors (Lipinski definition) is 0. The number of nitrogens with zero attached hydrogens (tertiary/aromatic N) is 3. The van der Waals surface area contributed by atoms with Crippen LogP contribution in [-0.4, -0.2) is 15.0 Å². The molecule has 2 heterocycles. The third kappa shape index (κ3) is 3.40. The molecular formula is C19H11Cl2N3O. The fourth-order valence-corrected chi connectivity index (χ4v) is 2.98. The van der Waals surface area contributed by atoms with Gasteiger partial charge < -0.3 is 4.74 Å². The molecule has 0 spiro atoms. The van der Waals surface area contributed by atoms with Crippen LogP contribution in [-0.2, 0) is 0 Å². The van der Waals surface area contributed by atoms with Gasteiger partial charge in [0.05, 0.1) is 16.2 Å². The molecule has 0 aliphatic carbocycles. The van der Waals surface area contributed by atoms with E-state index in [1.165, 1.54) is 6.33 Å². The zero-order chi connectivity index (χ0) is 17.2. The molecule has 122 valence electrons. The molecule has 2 aromatic heterocycles. The van der Waals surface area contributed by atoms with Gasteiger partial charge in [-0.2, -0.15) is 0 Å². The topological polar surface area (TPSA) is 47.9 Å². The van der Waals surface area contributed by atoms with Crippen molar-refractivity contribution in [2.75, 3.05) is 0 Å². The Bertz CT molecular complexity index is 1070. The highest BCUT2D eigenvalue weighted by atomic mass is 35.5. The Hall–Kier alpha value is -2.69. The van der Waals surface area contributed by atoms with Gasteiger partial charge in [-0.15, -0.1) is 0 Å². The lowest BCUT2D eigenvalue weighted by molar-refractivity contribution is 0.462. The van der Waals surface area contributed by atoms with E-state index in [-0.39, 0.29) is 0 Å². The van der Waals surface area contributed by atoms with Gasteiger partial charge in [-0.25, -0.2) is 9.97 Å². The Morgan fingerprint density at radius 2 is 1.76 bits per heavy atom. The van der Waals surface area contributed by atoms with Crippen LogP contribution in [0.1, 0.15) is 0 Å². The summed E-state index contributed by atoms with van der Waals surface area (Å²) in [5.74, 6) is 1.07. The maximum atomic E-state index is 6.25. The second kappa shape index (κ2) is 6.67. The van der Waals surface area contributed by atoms with Crippen LogP contribution in [0.5, 0.6) is 11.6 Å². The summed E-state index contributed by atoms with van der Waals surface area (Å²) in [7, 11) is 0. The van der Waals surface area contributed by atoms with Crippen molar-refractivity contribution in [3.63, 3.8) is 0 Å². The highest BCUT2D eigenvalue weighted by Gasteiger charge is 2.09. The van der Waals surface area contributed by atoms with E-state index in [9.17, 15) is 0 Å². The molecule has 6 heteroatoms. The molecule has 0 fully saturated rings. The van der Waals surface area contributed by atoms with E-state index in [2.05, 4.69) is 15.0 Å². The first-order chi connectivity index (χ1) is 12.2. The van der Waals surface area contributed by atoms with Crippen LogP contribution in [0.25, 0.3) is 22.2 Å². The summed E-state index contributed by atoms with van der Waals surface area (Å²) in [5, 5.41) is 2.14. The van der Waals surface area contributed by atoms with Crippen LogP contribution in [0.2, 0.25) is 10.0 Å². The lowest BCUT2D eigenvalue weighted by Crippen LogP contribution is -1.92. The quantitative estimate of drug-likeness (QED) is 0.459. The first-order valence-corrected chi connectivity index (χ1v) is 8.25. The molecule has 0 atom stereocenters. The number of aromatic nitrogens is 3. The van der Waals surface area contributed by atoms with E-state index >= 15 is 0 Å². The lowest BCUT2D eigenvalue weighted by atomic mass is 10.1. The van der Waals surface area contributed by atoms with Crippen LogP contribution >= 0.6 is 23.2 Å². The van der Waals surface area contributed by atoms with Crippen LogP contribution in [0.15, 0.2) is 67.1 Å². The van der Waals surface area contributed by atoms with Crippen molar-refractivity contribution >= 4 is 34.1 Å². The molecule has 4 rings (SSSR count). The fourth-order valence-electron chi connectivity index (χ4n) is 2.47. The predicted molar refractivity (Wildman–Crippen MR) is 99.3 cm³/mol. The Balaban J connectivity index is 1.66. The maximum Gasteiger partial charge on any atom is 0.222 e. The monoisotopic (exact) mass is 367 g/mol. The summed E-state index contributed by atoms with van der Waals surface area (Å²) in [6, 6.07) is 16.6. The lowest BCUT2D eigenvalue weighted by Gasteiger charge is -2.08. The van der Waals surface area contributed by atoms with E-state index < -0.39 is 0 Å². The summed E-state index contributed by atoms with van der Waals surface area (Å²) in [4.78, 5) is 12.8. The number of benzene rings is 2. The summed E-state index contributed by atoms with van der Waals surface area (Å²) in [5.41, 5.74) is 2.28. The second-order valence-corrected chi connectivity index (χ2v) is 6.17. The van der Waals surface area contributed by atoms with Crippen molar-refractivity contribution in [1.29, 1.82) is 0 Å². The minimum atomic E-state index is 0.422. The molecule has 0 saturated carbocycles. The smallest absolute Gasteiger partial charge is 0.222 e. The van der Waals surface area contributed by atoms with E-state index in [1.54, 1.807) is 24.4 Å². The number of rotatable bonds is 3. The van der Waals surface area contributed by atoms with Gasteiger partial charge in [-0.1, -0.05) is 29.3 Å². The van der Waals surface area contributed by atoms with E-state index in [1.807, 2.05) is 36.4 Å². The van der Waals surface area contributed by atoms with Crippen molar-refractivity contribution in [2.24, 2.45) is 0 Å². The van der Waals surface area contributed by atoms with Crippen molar-refractivity contribution in [1.82, 2.24) is 15.0 Å². The Labute approximate surface area is 154 Å². The van der Waals surface area contributed by atoms with E-state index in [4.69, 9.17) is 27.9 Å². The summed E-state index contributed by atoms with van der Waals surface area (Å²) in [6.07, 6.45) is 3.19. The zero-order valence-corrected chi connectivity index (χ0v) is 14.4. The molecule has 25 heavy (non-hydrogen) atoms. The predicted octanol–water partition coefficient (Wildman–Crippen LogP) is 5.79. The molecular weight excluding hydrogens is 357 g/mol. The van der Waals surface area contributed by atoms with Crippen LogP contribution < -0.4 is 4.74 Å². The number of halogens is 2. The van der Waals surface area contributed by atoms with Gasteiger partial charge in [0.15, 0.2) is 0 Å². The molecule has 0 aliphatic rings. The van der Waals surface area contributed by atoms with Gasteiger partial charge in [0, 0.05) is 34.3 Å².